The lowest BCUT2D eigenvalue weighted by Crippen LogP contribution is -2.25. The van der Waals surface area contributed by atoms with Crippen molar-refractivity contribution in [2.24, 2.45) is 0 Å². The molecule has 0 atom stereocenters. The van der Waals surface area contributed by atoms with Crippen molar-refractivity contribution < 1.29 is 9.90 Å². The summed E-state index contributed by atoms with van der Waals surface area (Å²) in [7, 11) is 0. The number of carboxylic acids is 1. The van der Waals surface area contributed by atoms with Crippen molar-refractivity contribution in [1.29, 1.82) is 0 Å². The summed E-state index contributed by atoms with van der Waals surface area (Å²) in [6.45, 7) is 0. The Bertz CT molecular complexity index is 1070. The molecule has 25 heavy (non-hydrogen) atoms. The van der Waals surface area contributed by atoms with Gasteiger partial charge in [0.15, 0.2) is 0 Å². The first-order valence-corrected chi connectivity index (χ1v) is 8.04. The molecule has 1 aliphatic rings. The van der Waals surface area contributed by atoms with Gasteiger partial charge < -0.3 is 5.11 Å². The Balaban J connectivity index is 1.92. The van der Waals surface area contributed by atoms with Crippen LogP contribution < -0.4 is 5.56 Å². The Kier molecular flexibility index (Phi) is 3.65. The van der Waals surface area contributed by atoms with Gasteiger partial charge in [-0.05, 0) is 55.2 Å². The Hall–Kier alpha value is -3.28. The van der Waals surface area contributed by atoms with Crippen LogP contribution in [0.4, 0.5) is 0 Å². The van der Waals surface area contributed by atoms with Crippen LogP contribution in [0.2, 0.25) is 0 Å². The predicted octanol–water partition coefficient (Wildman–Crippen LogP) is 2.66. The van der Waals surface area contributed by atoms with E-state index >= 15 is 0 Å². The monoisotopic (exact) mass is 333 g/mol. The average molecular weight is 333 g/mol. The number of nitrogens with zero attached hydrogens (tertiary/aromatic N) is 3. The van der Waals surface area contributed by atoms with E-state index in [9.17, 15) is 9.59 Å². The van der Waals surface area contributed by atoms with Crippen molar-refractivity contribution in [1.82, 2.24) is 14.4 Å². The van der Waals surface area contributed by atoms with E-state index in [4.69, 9.17) is 5.11 Å². The van der Waals surface area contributed by atoms with E-state index in [0.717, 1.165) is 24.1 Å². The molecule has 0 aliphatic heterocycles. The summed E-state index contributed by atoms with van der Waals surface area (Å²) in [6, 6.07) is 8.71. The van der Waals surface area contributed by atoms with Crippen LogP contribution >= 0.6 is 0 Å². The Morgan fingerprint density at radius 2 is 2.08 bits per heavy atom. The lowest BCUT2D eigenvalue weighted by molar-refractivity contribution is 0.0696. The van der Waals surface area contributed by atoms with Gasteiger partial charge in [0.25, 0.3) is 5.56 Å². The normalized spacial score (nSPS) is 15.3. The maximum Gasteiger partial charge on any atom is 0.337 e. The summed E-state index contributed by atoms with van der Waals surface area (Å²) in [5.41, 5.74) is 3.46. The predicted molar refractivity (Wildman–Crippen MR) is 93.5 cm³/mol. The maximum atomic E-state index is 12.8. The van der Waals surface area contributed by atoms with E-state index < -0.39 is 5.97 Å². The number of hydrogen-bond donors (Lipinski definition) is 1. The van der Waals surface area contributed by atoms with Crippen LogP contribution in [0.5, 0.6) is 0 Å². The molecule has 0 bridgehead atoms. The Labute approximate surface area is 143 Å². The number of aromatic nitrogens is 3. The number of carbonyl (C=O) groups is 1. The molecule has 0 fully saturated rings. The summed E-state index contributed by atoms with van der Waals surface area (Å²) in [5.74, 6) is -1.07. The first-order valence-electron chi connectivity index (χ1n) is 8.04. The molecule has 0 unspecified atom stereocenters. The van der Waals surface area contributed by atoms with Gasteiger partial charge in [0.1, 0.15) is 5.65 Å². The minimum Gasteiger partial charge on any atom is -0.478 e. The third kappa shape index (κ3) is 2.71. The highest BCUT2D eigenvalue weighted by Gasteiger charge is 2.21. The molecule has 4 rings (SSSR count). The van der Waals surface area contributed by atoms with Gasteiger partial charge in [0, 0.05) is 18.0 Å². The first kappa shape index (κ1) is 15.3. The number of aromatic carboxylic acids is 1. The highest BCUT2D eigenvalue weighted by Crippen LogP contribution is 2.29. The smallest absolute Gasteiger partial charge is 0.337 e. The zero-order valence-electron chi connectivity index (χ0n) is 13.3. The summed E-state index contributed by atoms with van der Waals surface area (Å²) >= 11 is 0. The molecule has 3 aromatic heterocycles. The average Bonchev–Trinajstić information content (AvgIpc) is 2.63. The fourth-order valence-electron chi connectivity index (χ4n) is 3.15. The van der Waals surface area contributed by atoms with Gasteiger partial charge >= 0.3 is 5.97 Å². The van der Waals surface area contributed by atoms with Crippen molar-refractivity contribution in [3.05, 3.63) is 75.6 Å². The Morgan fingerprint density at radius 1 is 1.20 bits per heavy atom. The van der Waals surface area contributed by atoms with Crippen LogP contribution in [-0.2, 0) is 6.42 Å². The molecule has 0 radical (unpaired) electrons. The maximum absolute atomic E-state index is 12.8. The van der Waals surface area contributed by atoms with Crippen molar-refractivity contribution in [3.63, 3.8) is 0 Å². The fourth-order valence-corrected chi connectivity index (χ4v) is 3.15. The molecule has 0 saturated carbocycles. The van der Waals surface area contributed by atoms with E-state index in [1.54, 1.807) is 12.3 Å². The number of allylic oxidation sites excluding steroid dienone is 1. The second kappa shape index (κ2) is 5.98. The van der Waals surface area contributed by atoms with Gasteiger partial charge in [-0.25, -0.2) is 9.78 Å². The molecule has 3 heterocycles. The molecule has 0 amide bonds. The third-order valence-electron chi connectivity index (χ3n) is 4.35. The summed E-state index contributed by atoms with van der Waals surface area (Å²) in [5, 5.41) is 9.13. The number of carboxylic acid groups (broad SMARTS) is 1. The van der Waals surface area contributed by atoms with Crippen LogP contribution in [0.15, 0.2) is 47.5 Å². The Morgan fingerprint density at radius 3 is 2.84 bits per heavy atom. The van der Waals surface area contributed by atoms with Gasteiger partial charge in [-0.2, -0.15) is 0 Å². The molecule has 1 aliphatic carbocycles. The van der Waals surface area contributed by atoms with Crippen molar-refractivity contribution >= 4 is 23.3 Å². The van der Waals surface area contributed by atoms with Gasteiger partial charge in [0.05, 0.1) is 17.0 Å². The largest absolute Gasteiger partial charge is 0.478 e. The molecular weight excluding hydrogens is 318 g/mol. The van der Waals surface area contributed by atoms with E-state index in [-0.39, 0.29) is 11.1 Å². The van der Waals surface area contributed by atoms with E-state index in [2.05, 4.69) is 9.97 Å². The van der Waals surface area contributed by atoms with Gasteiger partial charge in [-0.1, -0.05) is 6.07 Å². The van der Waals surface area contributed by atoms with Crippen molar-refractivity contribution in [2.45, 2.75) is 19.3 Å². The number of fused-ring (bicyclic) bond motifs is 2. The first-order chi connectivity index (χ1) is 12.1. The lowest BCUT2D eigenvalue weighted by atomic mass is 9.91. The second-order valence-corrected chi connectivity index (χ2v) is 5.97. The van der Waals surface area contributed by atoms with Crippen molar-refractivity contribution in [3.8, 4) is 0 Å². The topological polar surface area (TPSA) is 84.6 Å². The van der Waals surface area contributed by atoms with Gasteiger partial charge in [-0.3, -0.25) is 14.2 Å². The molecule has 3 aromatic rings. The number of hydrogen-bond acceptors (Lipinski definition) is 4. The molecule has 6 heteroatoms. The summed E-state index contributed by atoms with van der Waals surface area (Å²) in [4.78, 5) is 32.9. The zero-order chi connectivity index (χ0) is 17.4. The van der Waals surface area contributed by atoms with Crippen LogP contribution in [0.3, 0.4) is 0 Å². The summed E-state index contributed by atoms with van der Waals surface area (Å²) < 4.78 is 1.33. The third-order valence-corrected chi connectivity index (χ3v) is 4.35. The van der Waals surface area contributed by atoms with E-state index in [1.165, 1.54) is 16.7 Å². The van der Waals surface area contributed by atoms with Crippen LogP contribution in [0, 0.1) is 0 Å². The molecule has 0 aromatic carbocycles. The van der Waals surface area contributed by atoms with E-state index in [0.29, 0.717) is 23.3 Å². The fraction of sp³-hybridized carbons (Fsp3) is 0.158. The summed E-state index contributed by atoms with van der Waals surface area (Å²) in [6.07, 6.45) is 7.36. The zero-order valence-corrected chi connectivity index (χ0v) is 13.3. The molecule has 0 spiro atoms. The number of rotatable bonds is 2. The second-order valence-electron chi connectivity index (χ2n) is 5.97. The molecular formula is C19H15N3O3. The SMILES string of the molecule is O=C(O)c1ccc2nc3c(c(=O)n2c1)CCCC3=Cc1ccccn1. The van der Waals surface area contributed by atoms with Gasteiger partial charge in [-0.15, -0.1) is 0 Å². The van der Waals surface area contributed by atoms with Gasteiger partial charge in [0.2, 0.25) is 0 Å². The van der Waals surface area contributed by atoms with Crippen LogP contribution in [0.1, 0.15) is 40.2 Å². The van der Waals surface area contributed by atoms with Crippen LogP contribution in [-0.4, -0.2) is 25.4 Å². The highest BCUT2D eigenvalue weighted by atomic mass is 16.4. The van der Waals surface area contributed by atoms with Crippen LogP contribution in [0.25, 0.3) is 17.3 Å². The quantitative estimate of drug-likeness (QED) is 0.779. The van der Waals surface area contributed by atoms with E-state index in [1.807, 2.05) is 24.3 Å². The molecule has 6 nitrogen and oxygen atoms in total. The number of pyridine rings is 2. The standard InChI is InChI=1S/C19H15N3O3/c23-18-15-6-3-4-12(10-14-5-1-2-9-20-14)17(15)21-16-8-7-13(19(24)25)11-22(16)18/h1-2,5,7-11H,3-4,6H2,(H,24,25). The molecule has 1 N–H and O–H groups in total. The van der Waals surface area contributed by atoms with Crippen molar-refractivity contribution in [2.75, 3.05) is 0 Å². The molecule has 124 valence electrons. The minimum absolute atomic E-state index is 0.0661. The highest BCUT2D eigenvalue weighted by molar-refractivity contribution is 5.87. The molecule has 0 saturated heterocycles. The minimum atomic E-state index is -1.07. The lowest BCUT2D eigenvalue weighted by Gasteiger charge is -2.18.